The van der Waals surface area contributed by atoms with Gasteiger partial charge < -0.3 is 9.47 Å². The van der Waals surface area contributed by atoms with Crippen molar-refractivity contribution < 1.29 is 19.1 Å². The van der Waals surface area contributed by atoms with Crippen LogP contribution in [-0.4, -0.2) is 28.8 Å². The minimum absolute atomic E-state index is 0.321. The molecule has 128 valence electrons. The number of para-hydroxylation sites is 1. The average molecular weight is 329 g/mol. The molecule has 5 nitrogen and oxygen atoms in total. The van der Waals surface area contributed by atoms with E-state index in [4.69, 9.17) is 9.47 Å². The fraction of sp³-hybridized carbons (Fsp3) is 0.368. The van der Waals surface area contributed by atoms with Crippen LogP contribution >= 0.6 is 0 Å². The highest BCUT2D eigenvalue weighted by atomic mass is 16.6. The number of fused-ring (bicyclic) bond motifs is 1. The van der Waals surface area contributed by atoms with E-state index in [9.17, 15) is 9.59 Å². The molecule has 0 aliphatic heterocycles. The third-order valence-electron chi connectivity index (χ3n) is 3.41. The molecule has 0 spiro atoms. The maximum absolute atomic E-state index is 12.6. The molecule has 24 heavy (non-hydrogen) atoms. The highest BCUT2D eigenvalue weighted by Gasteiger charge is 2.22. The molecule has 1 aromatic carbocycles. The van der Waals surface area contributed by atoms with Crippen LogP contribution in [0.15, 0.2) is 30.3 Å². The Morgan fingerprint density at radius 1 is 1.21 bits per heavy atom. The Bertz CT molecular complexity index is 794. The summed E-state index contributed by atoms with van der Waals surface area (Å²) in [4.78, 5) is 24.2. The summed E-state index contributed by atoms with van der Waals surface area (Å²) in [6, 6.07) is 7.52. The molecular formula is C19H23NO4. The van der Waals surface area contributed by atoms with Crippen LogP contribution in [0.25, 0.3) is 17.0 Å². The Morgan fingerprint density at radius 3 is 2.50 bits per heavy atom. The molecule has 0 aliphatic rings. The highest BCUT2D eigenvalue weighted by Crippen LogP contribution is 2.28. The van der Waals surface area contributed by atoms with Crippen molar-refractivity contribution in [2.24, 2.45) is 0 Å². The fourth-order valence-corrected chi connectivity index (χ4v) is 2.49. The Hall–Kier alpha value is -2.56. The molecule has 0 bridgehead atoms. The number of benzene rings is 1. The van der Waals surface area contributed by atoms with E-state index < -0.39 is 17.7 Å². The Labute approximate surface area is 141 Å². The fourth-order valence-electron chi connectivity index (χ4n) is 2.49. The smallest absolute Gasteiger partial charge is 0.419 e. The first-order valence-corrected chi connectivity index (χ1v) is 7.93. The van der Waals surface area contributed by atoms with Gasteiger partial charge in [-0.05, 0) is 46.8 Å². The van der Waals surface area contributed by atoms with E-state index in [0.717, 1.165) is 16.5 Å². The van der Waals surface area contributed by atoms with Gasteiger partial charge in [-0.15, -0.1) is 0 Å². The molecule has 0 unspecified atom stereocenters. The van der Waals surface area contributed by atoms with E-state index in [0.29, 0.717) is 12.3 Å². The number of aromatic nitrogens is 1. The zero-order valence-corrected chi connectivity index (χ0v) is 14.8. The molecule has 0 saturated heterocycles. The van der Waals surface area contributed by atoms with Crippen LogP contribution in [0.3, 0.4) is 0 Å². The standard InChI is InChI=1S/C19H23NO4/c1-6-23-17(21)12-11-14-13(2)20(18(22)24-19(3,4)5)16-10-8-7-9-15(14)16/h7-12H,6H2,1-5H3. The minimum Gasteiger partial charge on any atom is -0.463 e. The first-order chi connectivity index (χ1) is 11.2. The number of hydrogen-bond acceptors (Lipinski definition) is 4. The van der Waals surface area contributed by atoms with Crippen LogP contribution in [-0.2, 0) is 14.3 Å². The van der Waals surface area contributed by atoms with E-state index in [1.54, 1.807) is 13.0 Å². The van der Waals surface area contributed by atoms with Crippen molar-refractivity contribution in [3.63, 3.8) is 0 Å². The summed E-state index contributed by atoms with van der Waals surface area (Å²) >= 11 is 0. The van der Waals surface area contributed by atoms with Crippen molar-refractivity contribution in [3.05, 3.63) is 41.6 Å². The van der Waals surface area contributed by atoms with Crippen molar-refractivity contribution in [1.29, 1.82) is 0 Å². The quantitative estimate of drug-likeness (QED) is 0.622. The summed E-state index contributed by atoms with van der Waals surface area (Å²) in [5.41, 5.74) is 1.67. The van der Waals surface area contributed by atoms with Crippen LogP contribution in [0.2, 0.25) is 0 Å². The van der Waals surface area contributed by atoms with Gasteiger partial charge in [0.15, 0.2) is 0 Å². The van der Waals surface area contributed by atoms with Crippen molar-refractivity contribution in [3.8, 4) is 0 Å². The first kappa shape index (κ1) is 17.8. The topological polar surface area (TPSA) is 57.5 Å². The van der Waals surface area contributed by atoms with Crippen LogP contribution in [0, 0.1) is 6.92 Å². The lowest BCUT2D eigenvalue weighted by Crippen LogP contribution is -2.27. The Morgan fingerprint density at radius 2 is 1.88 bits per heavy atom. The second-order valence-electron chi connectivity index (χ2n) is 6.42. The molecule has 0 amide bonds. The van der Waals surface area contributed by atoms with Gasteiger partial charge in [-0.25, -0.2) is 14.2 Å². The predicted octanol–water partition coefficient (Wildman–Crippen LogP) is 4.31. The molecule has 5 heteroatoms. The lowest BCUT2D eigenvalue weighted by molar-refractivity contribution is -0.137. The SMILES string of the molecule is CCOC(=O)C=Cc1c(C)n(C(=O)OC(C)(C)C)c2ccccc12. The van der Waals surface area contributed by atoms with E-state index in [1.165, 1.54) is 10.6 Å². The predicted molar refractivity (Wildman–Crippen MR) is 94.0 cm³/mol. The van der Waals surface area contributed by atoms with Crippen molar-refractivity contribution in [1.82, 2.24) is 4.57 Å². The lowest BCUT2D eigenvalue weighted by atomic mass is 10.1. The number of hydrogen-bond donors (Lipinski definition) is 0. The summed E-state index contributed by atoms with van der Waals surface area (Å²) < 4.78 is 11.9. The van der Waals surface area contributed by atoms with Crippen molar-refractivity contribution >= 4 is 29.0 Å². The number of nitrogens with zero attached hydrogens (tertiary/aromatic N) is 1. The number of carbonyl (C=O) groups excluding carboxylic acids is 2. The molecule has 0 atom stereocenters. The zero-order valence-electron chi connectivity index (χ0n) is 14.8. The van der Waals surface area contributed by atoms with E-state index in [2.05, 4.69) is 0 Å². The molecule has 0 aliphatic carbocycles. The monoisotopic (exact) mass is 329 g/mol. The van der Waals surface area contributed by atoms with Crippen LogP contribution < -0.4 is 0 Å². The molecular weight excluding hydrogens is 306 g/mol. The van der Waals surface area contributed by atoms with Gasteiger partial charge in [-0.3, -0.25) is 0 Å². The van der Waals surface area contributed by atoms with Crippen LogP contribution in [0.1, 0.15) is 39.0 Å². The Balaban J connectivity index is 2.52. The molecule has 2 aromatic rings. The average Bonchev–Trinajstić information content (AvgIpc) is 2.75. The van der Waals surface area contributed by atoms with E-state index >= 15 is 0 Å². The highest BCUT2D eigenvalue weighted by molar-refractivity contribution is 5.99. The lowest BCUT2D eigenvalue weighted by Gasteiger charge is -2.20. The molecule has 2 rings (SSSR count). The van der Waals surface area contributed by atoms with E-state index in [-0.39, 0.29) is 0 Å². The second kappa shape index (κ2) is 6.91. The third-order valence-corrected chi connectivity index (χ3v) is 3.41. The number of ether oxygens (including phenoxy) is 2. The largest absolute Gasteiger partial charge is 0.463 e. The normalized spacial score (nSPS) is 11.9. The van der Waals surface area contributed by atoms with Gasteiger partial charge in [-0.1, -0.05) is 18.2 Å². The van der Waals surface area contributed by atoms with Crippen LogP contribution in [0.5, 0.6) is 0 Å². The Kier molecular flexibility index (Phi) is 5.12. The number of rotatable bonds is 3. The summed E-state index contributed by atoms with van der Waals surface area (Å²) in [5.74, 6) is -0.411. The van der Waals surface area contributed by atoms with Gasteiger partial charge in [0.05, 0.1) is 12.1 Å². The number of carbonyl (C=O) groups is 2. The third kappa shape index (κ3) is 3.85. The second-order valence-corrected chi connectivity index (χ2v) is 6.42. The van der Waals surface area contributed by atoms with Gasteiger partial charge >= 0.3 is 12.1 Å². The van der Waals surface area contributed by atoms with Crippen molar-refractivity contribution in [2.75, 3.05) is 6.61 Å². The maximum atomic E-state index is 12.6. The van der Waals surface area contributed by atoms with Gasteiger partial charge in [-0.2, -0.15) is 0 Å². The van der Waals surface area contributed by atoms with Gasteiger partial charge in [0, 0.05) is 22.7 Å². The molecule has 0 radical (unpaired) electrons. The molecule has 1 aromatic heterocycles. The molecule has 0 fully saturated rings. The summed E-state index contributed by atoms with van der Waals surface area (Å²) in [5, 5.41) is 0.876. The number of esters is 1. The molecule has 1 heterocycles. The summed E-state index contributed by atoms with van der Waals surface area (Å²) in [7, 11) is 0. The molecule has 0 N–H and O–H groups in total. The van der Waals surface area contributed by atoms with Gasteiger partial charge in [0.25, 0.3) is 0 Å². The van der Waals surface area contributed by atoms with E-state index in [1.807, 2.05) is 52.0 Å². The van der Waals surface area contributed by atoms with Crippen LogP contribution in [0.4, 0.5) is 4.79 Å². The van der Waals surface area contributed by atoms with Crippen molar-refractivity contribution in [2.45, 2.75) is 40.2 Å². The van der Waals surface area contributed by atoms with Gasteiger partial charge in [0.2, 0.25) is 0 Å². The summed E-state index contributed by atoms with van der Waals surface area (Å²) in [6.45, 7) is 9.39. The van der Waals surface area contributed by atoms with Gasteiger partial charge in [0.1, 0.15) is 5.60 Å². The summed E-state index contributed by atoms with van der Waals surface area (Å²) in [6.07, 6.45) is 2.61. The zero-order chi connectivity index (χ0) is 17.9. The maximum Gasteiger partial charge on any atom is 0.419 e. The first-order valence-electron chi connectivity index (χ1n) is 7.93. The molecule has 0 saturated carbocycles. The minimum atomic E-state index is -0.587.